The fraction of sp³-hybridized carbons (Fsp3) is 0.280. The maximum atomic E-state index is 12.4. The van der Waals surface area contributed by atoms with E-state index in [0.29, 0.717) is 17.2 Å². The average molecular weight is 481 g/mol. The molecule has 10 nitrogen and oxygen atoms in total. The number of phenolic OH excluding ortho intramolecular Hbond substituents is 1. The number of amides is 1. The molecule has 1 aliphatic heterocycles. The van der Waals surface area contributed by atoms with Crippen molar-refractivity contribution in [1.29, 1.82) is 0 Å². The molecule has 0 bridgehead atoms. The van der Waals surface area contributed by atoms with Gasteiger partial charge in [0.1, 0.15) is 5.69 Å². The monoisotopic (exact) mass is 480 g/mol. The van der Waals surface area contributed by atoms with Crippen molar-refractivity contribution < 1.29 is 29.6 Å². The number of aromatic amines is 1. The number of rotatable bonds is 5. The van der Waals surface area contributed by atoms with Crippen LogP contribution in [0.2, 0.25) is 0 Å². The van der Waals surface area contributed by atoms with Crippen LogP contribution in [0.25, 0.3) is 0 Å². The molecule has 0 saturated heterocycles. The Kier molecular flexibility index (Phi) is 5.98. The predicted molar refractivity (Wildman–Crippen MR) is 132 cm³/mol. The van der Waals surface area contributed by atoms with Crippen LogP contribution in [0.1, 0.15) is 36.7 Å². The quantitative estimate of drug-likeness (QED) is 0.268. The van der Waals surface area contributed by atoms with Gasteiger partial charge in [0.25, 0.3) is 5.91 Å². The number of para-hydroxylation sites is 1. The fourth-order valence-electron chi connectivity index (χ4n) is 3.71. The van der Waals surface area contributed by atoms with Crippen molar-refractivity contribution in [3.8, 4) is 29.0 Å². The summed E-state index contributed by atoms with van der Waals surface area (Å²) in [5, 5.41) is 34.7. The van der Waals surface area contributed by atoms with Crippen LogP contribution in [0.3, 0.4) is 0 Å². The summed E-state index contributed by atoms with van der Waals surface area (Å²) in [7, 11) is 3.16. The Bertz CT molecular complexity index is 1320. The third kappa shape index (κ3) is 4.54. The zero-order chi connectivity index (χ0) is 25.5. The van der Waals surface area contributed by atoms with E-state index in [9.17, 15) is 20.1 Å². The molecular formula is C25H28N4O6. The molecule has 2 heterocycles. The number of benzene rings is 2. The molecule has 3 aromatic rings. The van der Waals surface area contributed by atoms with Crippen molar-refractivity contribution in [2.24, 2.45) is 10.4 Å². The number of aliphatic imine (C=N–C) groups is 1. The van der Waals surface area contributed by atoms with Crippen molar-refractivity contribution in [2.75, 3.05) is 26.2 Å². The van der Waals surface area contributed by atoms with Gasteiger partial charge < -0.3 is 35.0 Å². The molecule has 2 aromatic carbocycles. The largest absolute Gasteiger partial charge is 0.505 e. The first-order valence-electron chi connectivity index (χ1n) is 10.9. The number of fused-ring (bicyclic) bond motifs is 1. The van der Waals surface area contributed by atoms with Crippen LogP contribution in [-0.4, -0.2) is 57.7 Å². The standard InChI is InChI=1S/C25H28N4O6/c1-25(2,3)21(13-9-10-16-17(11-13)35-12-34-16)27-19-18(22(31)28-23(19)32)26-15-8-6-7-14(20(15)30)24(33)29(4)5/h6-11,26,28,30-32H,12H2,1-5H3. The van der Waals surface area contributed by atoms with Gasteiger partial charge in [-0.15, -0.1) is 0 Å². The SMILES string of the molecule is CN(C)C(=O)c1cccc(Nc2c(O)[nH]c(O)c2N=C(c2ccc3c(c2)OCO3)C(C)(C)C)c1O. The number of aromatic nitrogens is 1. The lowest BCUT2D eigenvalue weighted by Gasteiger charge is -2.22. The number of hydrogen-bond acceptors (Lipinski definition) is 8. The molecule has 0 spiro atoms. The molecule has 0 radical (unpaired) electrons. The highest BCUT2D eigenvalue weighted by Gasteiger charge is 2.27. The third-order valence-corrected chi connectivity index (χ3v) is 5.45. The van der Waals surface area contributed by atoms with Crippen LogP contribution in [0.5, 0.6) is 29.0 Å². The summed E-state index contributed by atoms with van der Waals surface area (Å²) in [5.74, 6) is -0.215. The Balaban J connectivity index is 1.80. The van der Waals surface area contributed by atoms with Crippen molar-refractivity contribution in [1.82, 2.24) is 9.88 Å². The number of H-pyrrole nitrogens is 1. The molecule has 1 aliphatic rings. The molecule has 0 atom stereocenters. The van der Waals surface area contributed by atoms with Crippen LogP contribution < -0.4 is 14.8 Å². The van der Waals surface area contributed by atoms with Crippen LogP contribution in [-0.2, 0) is 0 Å². The molecule has 184 valence electrons. The molecule has 0 fully saturated rings. The highest BCUT2D eigenvalue weighted by atomic mass is 16.7. The average Bonchev–Trinajstić information content (AvgIpc) is 3.35. The molecule has 1 amide bonds. The first-order valence-corrected chi connectivity index (χ1v) is 10.9. The first-order chi connectivity index (χ1) is 16.5. The third-order valence-electron chi connectivity index (χ3n) is 5.45. The summed E-state index contributed by atoms with van der Waals surface area (Å²) in [4.78, 5) is 20.9. The van der Waals surface area contributed by atoms with Gasteiger partial charge in [0, 0.05) is 25.1 Å². The summed E-state index contributed by atoms with van der Waals surface area (Å²) in [6.07, 6.45) is 0. The van der Waals surface area contributed by atoms with E-state index in [1.807, 2.05) is 32.9 Å². The smallest absolute Gasteiger partial charge is 0.257 e. The number of hydrogen-bond donors (Lipinski definition) is 5. The van der Waals surface area contributed by atoms with E-state index < -0.39 is 5.41 Å². The van der Waals surface area contributed by atoms with Crippen LogP contribution in [0.15, 0.2) is 41.4 Å². The number of nitrogens with one attached hydrogen (secondary N) is 2. The zero-order valence-electron chi connectivity index (χ0n) is 20.1. The number of anilines is 2. The summed E-state index contributed by atoms with van der Waals surface area (Å²) in [5.41, 5.74) is 1.19. The van der Waals surface area contributed by atoms with Crippen LogP contribution in [0.4, 0.5) is 17.1 Å². The highest BCUT2D eigenvalue weighted by molar-refractivity contribution is 6.07. The van der Waals surface area contributed by atoms with Crippen molar-refractivity contribution >= 4 is 28.7 Å². The Hall–Kier alpha value is -4.34. The molecule has 35 heavy (non-hydrogen) atoms. The molecule has 10 heteroatoms. The van der Waals surface area contributed by atoms with E-state index in [1.54, 1.807) is 32.3 Å². The lowest BCUT2D eigenvalue weighted by Crippen LogP contribution is -2.21. The second-order valence-electron chi connectivity index (χ2n) is 9.35. The number of nitrogens with zero attached hydrogens (tertiary/aromatic N) is 2. The minimum atomic E-state index is -0.468. The second-order valence-corrected chi connectivity index (χ2v) is 9.35. The van der Waals surface area contributed by atoms with Crippen molar-refractivity contribution in [3.63, 3.8) is 0 Å². The van der Waals surface area contributed by atoms with E-state index in [4.69, 9.17) is 14.5 Å². The Labute approximate surface area is 202 Å². The number of carbonyl (C=O) groups is 1. The number of phenols is 1. The Morgan fingerprint density at radius 1 is 1.06 bits per heavy atom. The number of carbonyl (C=O) groups excluding carboxylic acids is 1. The predicted octanol–water partition coefficient (Wildman–Crippen LogP) is 4.47. The van der Waals surface area contributed by atoms with Crippen molar-refractivity contribution in [2.45, 2.75) is 20.8 Å². The van der Waals surface area contributed by atoms with Crippen LogP contribution in [0, 0.1) is 5.41 Å². The highest BCUT2D eigenvalue weighted by Crippen LogP contribution is 2.46. The van der Waals surface area contributed by atoms with Gasteiger partial charge >= 0.3 is 0 Å². The summed E-state index contributed by atoms with van der Waals surface area (Å²) in [6.45, 7) is 6.04. The Morgan fingerprint density at radius 3 is 2.46 bits per heavy atom. The number of aromatic hydroxyl groups is 3. The first kappa shape index (κ1) is 23.8. The topological polar surface area (TPSA) is 140 Å². The fourth-order valence-corrected chi connectivity index (χ4v) is 3.71. The van der Waals surface area contributed by atoms with Gasteiger partial charge in [0.2, 0.25) is 18.6 Å². The lowest BCUT2D eigenvalue weighted by atomic mass is 9.85. The van der Waals surface area contributed by atoms with E-state index in [1.165, 1.54) is 11.0 Å². The van der Waals surface area contributed by atoms with Crippen molar-refractivity contribution in [3.05, 3.63) is 47.5 Å². The van der Waals surface area contributed by atoms with Crippen LogP contribution >= 0.6 is 0 Å². The van der Waals surface area contributed by atoms with Gasteiger partial charge in [-0.2, -0.15) is 0 Å². The normalized spacial score (nSPS) is 13.1. The summed E-state index contributed by atoms with van der Waals surface area (Å²) >= 11 is 0. The maximum Gasteiger partial charge on any atom is 0.257 e. The molecular weight excluding hydrogens is 452 g/mol. The minimum Gasteiger partial charge on any atom is -0.505 e. The van der Waals surface area contributed by atoms with Gasteiger partial charge in [-0.25, -0.2) is 4.99 Å². The van der Waals surface area contributed by atoms with Gasteiger partial charge in [-0.3, -0.25) is 9.78 Å². The summed E-state index contributed by atoms with van der Waals surface area (Å²) < 4.78 is 10.9. The zero-order valence-corrected chi connectivity index (χ0v) is 20.1. The Morgan fingerprint density at radius 2 is 1.77 bits per heavy atom. The van der Waals surface area contributed by atoms with E-state index in [0.717, 1.165) is 5.56 Å². The van der Waals surface area contributed by atoms with Gasteiger partial charge in [-0.1, -0.05) is 26.8 Å². The molecule has 0 saturated carbocycles. The van der Waals surface area contributed by atoms with Gasteiger partial charge in [0.15, 0.2) is 22.9 Å². The number of ether oxygens (including phenoxy) is 2. The minimum absolute atomic E-state index is 0.0360. The maximum absolute atomic E-state index is 12.4. The second kappa shape index (κ2) is 8.79. The van der Waals surface area contributed by atoms with E-state index in [-0.39, 0.29) is 52.8 Å². The van der Waals surface area contributed by atoms with Gasteiger partial charge in [0.05, 0.1) is 17.0 Å². The molecule has 5 N–H and O–H groups in total. The molecule has 0 aliphatic carbocycles. The lowest BCUT2D eigenvalue weighted by molar-refractivity contribution is 0.0824. The molecule has 1 aromatic heterocycles. The van der Waals surface area contributed by atoms with E-state index >= 15 is 0 Å². The van der Waals surface area contributed by atoms with Gasteiger partial charge in [-0.05, 0) is 30.3 Å². The summed E-state index contributed by atoms with van der Waals surface area (Å²) in [6, 6.07) is 10.1. The molecule has 0 unspecified atom stereocenters. The molecule has 4 rings (SSSR count). The van der Waals surface area contributed by atoms with E-state index in [2.05, 4.69) is 10.3 Å².